The molecule has 112 valence electrons. The fourth-order valence-electron chi connectivity index (χ4n) is 3.24. The summed E-state index contributed by atoms with van der Waals surface area (Å²) < 4.78 is 38.3. The highest BCUT2D eigenvalue weighted by Gasteiger charge is 2.49. The van der Waals surface area contributed by atoms with Crippen molar-refractivity contribution < 1.29 is 22.8 Å². The van der Waals surface area contributed by atoms with E-state index in [1.165, 1.54) is 12.1 Å². The van der Waals surface area contributed by atoms with Gasteiger partial charge in [-0.05, 0) is 31.0 Å². The minimum Gasteiger partial charge on any atom is -0.274 e. The van der Waals surface area contributed by atoms with Gasteiger partial charge in [0.1, 0.15) is 0 Å². The third-order valence-corrected chi connectivity index (χ3v) is 4.27. The monoisotopic (exact) mass is 297 g/mol. The summed E-state index contributed by atoms with van der Waals surface area (Å²) in [5, 5.41) is 0. The molecule has 0 N–H and O–H groups in total. The van der Waals surface area contributed by atoms with Crippen molar-refractivity contribution in [2.75, 3.05) is 4.90 Å². The van der Waals surface area contributed by atoms with Crippen molar-refractivity contribution >= 4 is 17.5 Å². The van der Waals surface area contributed by atoms with Crippen molar-refractivity contribution in [3.05, 3.63) is 29.8 Å². The summed E-state index contributed by atoms with van der Waals surface area (Å²) >= 11 is 0. The van der Waals surface area contributed by atoms with Crippen molar-refractivity contribution in [3.8, 4) is 0 Å². The molecule has 1 saturated heterocycles. The molecule has 6 heteroatoms. The molecule has 3 nitrogen and oxygen atoms in total. The standard InChI is InChI=1S/C15H14F3NO2/c16-15(17,18)9-4-3-5-10(8-9)19-13(20)11-6-1-2-7-12(11)14(19)21/h3-5,8,11-12H,1-2,6-7H2/t11-,12-/m1/s1. The highest BCUT2D eigenvalue weighted by molar-refractivity contribution is 6.22. The second kappa shape index (κ2) is 4.86. The van der Waals surface area contributed by atoms with E-state index in [1.54, 1.807) is 0 Å². The number of carbonyl (C=O) groups excluding carboxylic acids is 2. The molecule has 1 saturated carbocycles. The summed E-state index contributed by atoms with van der Waals surface area (Å²) in [7, 11) is 0. The van der Waals surface area contributed by atoms with Crippen LogP contribution in [0.3, 0.4) is 0 Å². The zero-order valence-electron chi connectivity index (χ0n) is 11.2. The molecule has 0 radical (unpaired) electrons. The summed E-state index contributed by atoms with van der Waals surface area (Å²) in [6, 6.07) is 4.40. The molecule has 0 spiro atoms. The molecular weight excluding hydrogens is 283 g/mol. The Labute approximate surface area is 119 Å². The van der Waals surface area contributed by atoms with Gasteiger partial charge in [-0.1, -0.05) is 18.9 Å². The SMILES string of the molecule is O=C1[C@@H]2CCCC[C@H]2C(=O)N1c1cccc(C(F)(F)F)c1. The first kappa shape index (κ1) is 14.1. The summed E-state index contributed by atoms with van der Waals surface area (Å²) in [4.78, 5) is 25.6. The molecule has 2 amide bonds. The average molecular weight is 297 g/mol. The Balaban J connectivity index is 1.97. The molecule has 21 heavy (non-hydrogen) atoms. The van der Waals surface area contributed by atoms with E-state index < -0.39 is 11.7 Å². The van der Waals surface area contributed by atoms with Crippen molar-refractivity contribution in [2.45, 2.75) is 31.9 Å². The average Bonchev–Trinajstić information content (AvgIpc) is 2.71. The zero-order valence-corrected chi connectivity index (χ0v) is 11.2. The highest BCUT2D eigenvalue weighted by atomic mass is 19.4. The van der Waals surface area contributed by atoms with Crippen molar-refractivity contribution in [2.24, 2.45) is 11.8 Å². The van der Waals surface area contributed by atoms with E-state index in [1.807, 2.05) is 0 Å². The van der Waals surface area contributed by atoms with E-state index in [9.17, 15) is 22.8 Å². The zero-order chi connectivity index (χ0) is 15.2. The van der Waals surface area contributed by atoms with Gasteiger partial charge in [0.2, 0.25) is 11.8 Å². The lowest BCUT2D eigenvalue weighted by molar-refractivity contribution is -0.137. The summed E-state index contributed by atoms with van der Waals surface area (Å²) in [6.45, 7) is 0. The van der Waals surface area contributed by atoms with Gasteiger partial charge in [0, 0.05) is 0 Å². The molecule has 2 aliphatic rings. The minimum atomic E-state index is -4.49. The van der Waals surface area contributed by atoms with E-state index in [0.29, 0.717) is 12.8 Å². The molecule has 2 atom stereocenters. The van der Waals surface area contributed by atoms with Gasteiger partial charge in [0.25, 0.3) is 0 Å². The molecule has 1 aliphatic carbocycles. The Kier molecular flexibility index (Phi) is 3.26. The van der Waals surface area contributed by atoms with Crippen LogP contribution >= 0.6 is 0 Å². The Hall–Kier alpha value is -1.85. The predicted octanol–water partition coefficient (Wildman–Crippen LogP) is 3.39. The molecule has 3 rings (SSSR count). The van der Waals surface area contributed by atoms with Crippen LogP contribution in [0, 0.1) is 11.8 Å². The van der Waals surface area contributed by atoms with Gasteiger partial charge in [-0.3, -0.25) is 14.5 Å². The van der Waals surface area contributed by atoms with Gasteiger partial charge in [-0.15, -0.1) is 0 Å². The Morgan fingerprint density at radius 2 is 1.57 bits per heavy atom. The highest BCUT2D eigenvalue weighted by Crippen LogP contribution is 2.41. The number of fused-ring (bicyclic) bond motifs is 1. The van der Waals surface area contributed by atoms with Gasteiger partial charge >= 0.3 is 6.18 Å². The number of alkyl halides is 3. The second-order valence-corrected chi connectivity index (χ2v) is 5.56. The van der Waals surface area contributed by atoms with Crippen LogP contribution in [0.15, 0.2) is 24.3 Å². The Morgan fingerprint density at radius 1 is 1.00 bits per heavy atom. The Bertz CT molecular complexity index is 573. The van der Waals surface area contributed by atoms with Gasteiger partial charge in [0.15, 0.2) is 0 Å². The molecule has 1 heterocycles. The van der Waals surface area contributed by atoms with E-state index in [4.69, 9.17) is 0 Å². The van der Waals surface area contributed by atoms with E-state index in [-0.39, 0.29) is 29.3 Å². The van der Waals surface area contributed by atoms with Gasteiger partial charge < -0.3 is 0 Å². The lowest BCUT2D eigenvalue weighted by atomic mass is 9.81. The first-order chi connectivity index (χ1) is 9.89. The lowest BCUT2D eigenvalue weighted by Gasteiger charge is -2.19. The van der Waals surface area contributed by atoms with Crippen LogP contribution in [0.1, 0.15) is 31.2 Å². The third kappa shape index (κ3) is 2.32. The maximum Gasteiger partial charge on any atom is 0.416 e. The first-order valence-corrected chi connectivity index (χ1v) is 6.94. The van der Waals surface area contributed by atoms with E-state index >= 15 is 0 Å². The van der Waals surface area contributed by atoms with Crippen molar-refractivity contribution in [1.29, 1.82) is 0 Å². The fourth-order valence-corrected chi connectivity index (χ4v) is 3.24. The number of amides is 2. The molecule has 1 aromatic rings. The lowest BCUT2D eigenvalue weighted by Crippen LogP contribution is -2.31. The number of halogens is 3. The number of carbonyl (C=O) groups is 2. The Morgan fingerprint density at radius 3 is 2.10 bits per heavy atom. The number of hydrogen-bond donors (Lipinski definition) is 0. The van der Waals surface area contributed by atoms with Gasteiger partial charge in [0.05, 0.1) is 23.1 Å². The van der Waals surface area contributed by atoms with Gasteiger partial charge in [-0.2, -0.15) is 13.2 Å². The maximum atomic E-state index is 12.8. The van der Waals surface area contributed by atoms with Crippen LogP contribution in [0.2, 0.25) is 0 Å². The normalized spacial score (nSPS) is 26.1. The van der Waals surface area contributed by atoms with Crippen LogP contribution < -0.4 is 4.90 Å². The maximum absolute atomic E-state index is 12.8. The molecular formula is C15H14F3NO2. The van der Waals surface area contributed by atoms with E-state index in [0.717, 1.165) is 29.9 Å². The number of rotatable bonds is 1. The van der Waals surface area contributed by atoms with Crippen molar-refractivity contribution in [1.82, 2.24) is 0 Å². The van der Waals surface area contributed by atoms with Crippen LogP contribution in [0.25, 0.3) is 0 Å². The number of benzene rings is 1. The number of anilines is 1. The smallest absolute Gasteiger partial charge is 0.274 e. The third-order valence-electron chi connectivity index (χ3n) is 4.27. The largest absolute Gasteiger partial charge is 0.416 e. The number of nitrogens with zero attached hydrogens (tertiary/aromatic N) is 1. The molecule has 0 unspecified atom stereocenters. The molecule has 1 aromatic carbocycles. The molecule has 1 aliphatic heterocycles. The van der Waals surface area contributed by atoms with Crippen LogP contribution in [-0.4, -0.2) is 11.8 Å². The predicted molar refractivity (Wildman–Crippen MR) is 69.4 cm³/mol. The summed E-state index contributed by atoms with van der Waals surface area (Å²) in [5.74, 6) is -1.44. The van der Waals surface area contributed by atoms with Crippen LogP contribution in [0.5, 0.6) is 0 Å². The van der Waals surface area contributed by atoms with Crippen LogP contribution in [0.4, 0.5) is 18.9 Å². The summed E-state index contributed by atoms with van der Waals surface area (Å²) in [5.41, 5.74) is -0.829. The number of imide groups is 1. The quantitative estimate of drug-likeness (QED) is 0.745. The van der Waals surface area contributed by atoms with Crippen molar-refractivity contribution in [3.63, 3.8) is 0 Å². The molecule has 0 bridgehead atoms. The van der Waals surface area contributed by atoms with E-state index in [2.05, 4.69) is 0 Å². The van der Waals surface area contributed by atoms with Gasteiger partial charge in [-0.25, -0.2) is 0 Å². The fraction of sp³-hybridized carbons (Fsp3) is 0.467. The molecule has 0 aromatic heterocycles. The summed E-state index contributed by atoms with van der Waals surface area (Å²) in [6.07, 6.45) is -1.43. The molecule has 2 fully saturated rings. The second-order valence-electron chi connectivity index (χ2n) is 5.56. The first-order valence-electron chi connectivity index (χ1n) is 6.94. The number of hydrogen-bond acceptors (Lipinski definition) is 2. The topological polar surface area (TPSA) is 37.4 Å². The minimum absolute atomic E-state index is 0.0224. The van der Waals surface area contributed by atoms with Crippen LogP contribution in [-0.2, 0) is 15.8 Å².